The Labute approximate surface area is 173 Å². The van der Waals surface area contributed by atoms with Crippen LogP contribution in [0.5, 0.6) is 11.5 Å². The van der Waals surface area contributed by atoms with E-state index in [1.165, 1.54) is 36.4 Å². The van der Waals surface area contributed by atoms with Gasteiger partial charge in [-0.05, 0) is 48.0 Å². The summed E-state index contributed by atoms with van der Waals surface area (Å²) in [6, 6.07) is 20.0. The number of alkyl halides is 3. The highest BCUT2D eigenvalue weighted by Crippen LogP contribution is 2.43. The molecule has 0 aliphatic rings. The highest BCUT2D eigenvalue weighted by molar-refractivity contribution is 6.00. The Hall–Kier alpha value is -3.25. The molecule has 0 spiro atoms. The maximum absolute atomic E-state index is 14.3. The molecule has 3 nitrogen and oxygen atoms in total. The molecule has 0 aromatic heterocycles. The highest BCUT2D eigenvalue weighted by atomic mass is 19.4. The van der Waals surface area contributed by atoms with Crippen LogP contribution >= 0.6 is 0 Å². The van der Waals surface area contributed by atoms with Crippen LogP contribution in [0.25, 0.3) is 11.1 Å². The Morgan fingerprint density at radius 2 is 1.40 bits per heavy atom. The molecule has 0 bridgehead atoms. The van der Waals surface area contributed by atoms with Gasteiger partial charge in [-0.25, -0.2) is 0 Å². The maximum atomic E-state index is 14.3. The fourth-order valence-electron chi connectivity index (χ4n) is 3.13. The summed E-state index contributed by atoms with van der Waals surface area (Å²) in [6.07, 6.45) is -4.59. The quantitative estimate of drug-likeness (QED) is 0.396. The average molecular weight is 413 g/mol. The van der Waals surface area contributed by atoms with Crippen molar-refractivity contribution in [3.8, 4) is 11.5 Å². The molecule has 0 fully saturated rings. The van der Waals surface area contributed by atoms with Crippen LogP contribution in [-0.2, 0) is 0 Å². The van der Waals surface area contributed by atoms with Crippen molar-refractivity contribution < 1.29 is 23.0 Å². The van der Waals surface area contributed by atoms with Gasteiger partial charge >= 0.3 is 6.18 Å². The summed E-state index contributed by atoms with van der Waals surface area (Å²) in [6.45, 7) is 1.11. The van der Waals surface area contributed by atoms with Gasteiger partial charge in [0.15, 0.2) is 0 Å². The lowest BCUT2D eigenvalue weighted by molar-refractivity contribution is -0.0685. The van der Waals surface area contributed by atoms with Crippen molar-refractivity contribution in [3.05, 3.63) is 95.6 Å². The van der Waals surface area contributed by atoms with Gasteiger partial charge in [0.1, 0.15) is 18.1 Å². The van der Waals surface area contributed by atoms with Crippen LogP contribution in [0.1, 0.15) is 16.7 Å². The van der Waals surface area contributed by atoms with Gasteiger partial charge in [0.25, 0.3) is 0 Å². The van der Waals surface area contributed by atoms with Gasteiger partial charge in [0, 0.05) is 12.1 Å². The third kappa shape index (κ3) is 5.21. The van der Waals surface area contributed by atoms with Crippen LogP contribution in [-0.4, -0.2) is 31.5 Å². The number of allylic oxidation sites excluding steroid dienone is 1. The number of rotatable bonds is 7. The number of phenolic OH excluding ortho intramolecular Hbond substituents is 1. The third-order valence-electron chi connectivity index (χ3n) is 4.52. The first kappa shape index (κ1) is 21.5. The van der Waals surface area contributed by atoms with E-state index in [1.54, 1.807) is 42.5 Å². The first-order chi connectivity index (χ1) is 14.4. The molecule has 0 heterocycles. The summed E-state index contributed by atoms with van der Waals surface area (Å²) in [5.74, 6) is 0.562. The number of ether oxygens (including phenoxy) is 1. The normalized spacial score (nSPS) is 12.4. The second-order valence-corrected chi connectivity index (χ2v) is 6.64. The molecule has 3 aromatic carbocycles. The Balaban J connectivity index is 2.17. The van der Waals surface area contributed by atoms with E-state index in [9.17, 15) is 18.3 Å². The third-order valence-corrected chi connectivity index (χ3v) is 4.52. The number of nitrogens with one attached hydrogen (secondary N) is 1. The minimum absolute atomic E-state index is 0.0142. The lowest BCUT2D eigenvalue weighted by Crippen LogP contribution is -2.16. The van der Waals surface area contributed by atoms with Crippen LogP contribution in [0, 0.1) is 0 Å². The molecule has 30 heavy (non-hydrogen) atoms. The van der Waals surface area contributed by atoms with Crippen molar-refractivity contribution in [3.63, 3.8) is 0 Å². The van der Waals surface area contributed by atoms with Gasteiger partial charge in [0.05, 0.1) is 5.57 Å². The standard InChI is InChI=1S/C24H22F3NO2/c1-28-15-16-30-21-13-9-18(10-14-21)22(17-7-11-20(29)12-8-17)23(24(25,26)27)19-5-3-2-4-6-19/h2-14,28-29H,15-16H2,1H3/b23-22+. The molecule has 0 saturated carbocycles. The fraction of sp³-hybridized carbons (Fsp3) is 0.167. The second kappa shape index (κ2) is 9.50. The van der Waals surface area contributed by atoms with Crippen molar-refractivity contribution in [1.82, 2.24) is 5.32 Å². The molecule has 0 atom stereocenters. The Morgan fingerprint density at radius 3 is 1.93 bits per heavy atom. The highest BCUT2D eigenvalue weighted by Gasteiger charge is 2.38. The van der Waals surface area contributed by atoms with E-state index < -0.39 is 11.7 Å². The SMILES string of the molecule is CNCCOc1ccc(/C(=C(\c2ccccc2)C(F)(F)F)c2ccc(O)cc2)cc1. The van der Waals surface area contributed by atoms with Gasteiger partial charge < -0.3 is 15.2 Å². The number of likely N-dealkylation sites (N-methyl/N-ethyl adjacent to an activating group) is 1. The molecule has 3 aromatic rings. The van der Waals surface area contributed by atoms with Crippen molar-refractivity contribution in [2.45, 2.75) is 6.18 Å². The lowest BCUT2D eigenvalue weighted by atomic mass is 9.89. The first-order valence-corrected chi connectivity index (χ1v) is 9.44. The number of halogens is 3. The summed E-state index contributed by atoms with van der Waals surface area (Å²) in [5.41, 5.74) is 0.126. The largest absolute Gasteiger partial charge is 0.508 e. The minimum atomic E-state index is -4.59. The lowest BCUT2D eigenvalue weighted by Gasteiger charge is -2.20. The average Bonchev–Trinajstić information content (AvgIpc) is 2.73. The van der Waals surface area contributed by atoms with E-state index >= 15 is 0 Å². The molecule has 0 aliphatic heterocycles. The summed E-state index contributed by atoms with van der Waals surface area (Å²) in [5, 5.41) is 12.6. The minimum Gasteiger partial charge on any atom is -0.508 e. The van der Waals surface area contributed by atoms with Gasteiger partial charge in [-0.1, -0.05) is 54.6 Å². The van der Waals surface area contributed by atoms with Gasteiger partial charge in [-0.2, -0.15) is 13.2 Å². The molecular weight excluding hydrogens is 391 g/mol. The second-order valence-electron chi connectivity index (χ2n) is 6.64. The maximum Gasteiger partial charge on any atom is 0.417 e. The topological polar surface area (TPSA) is 41.5 Å². The van der Waals surface area contributed by atoms with Gasteiger partial charge in [0.2, 0.25) is 0 Å². The van der Waals surface area contributed by atoms with Crippen LogP contribution in [0.15, 0.2) is 78.9 Å². The molecule has 0 unspecified atom stereocenters. The number of benzene rings is 3. The van der Waals surface area contributed by atoms with Crippen LogP contribution < -0.4 is 10.1 Å². The summed E-state index contributed by atoms with van der Waals surface area (Å²) >= 11 is 0. The molecule has 0 aliphatic carbocycles. The number of hydrogen-bond acceptors (Lipinski definition) is 3. The summed E-state index contributed by atoms with van der Waals surface area (Å²) < 4.78 is 48.3. The van der Waals surface area contributed by atoms with E-state index in [-0.39, 0.29) is 16.9 Å². The van der Waals surface area contributed by atoms with Gasteiger partial charge in [-0.15, -0.1) is 0 Å². The van der Waals surface area contributed by atoms with Gasteiger partial charge in [-0.3, -0.25) is 0 Å². The number of aromatic hydroxyl groups is 1. The zero-order valence-electron chi connectivity index (χ0n) is 16.4. The smallest absolute Gasteiger partial charge is 0.417 e. The molecule has 3 rings (SSSR count). The molecule has 156 valence electrons. The van der Waals surface area contributed by atoms with Crippen molar-refractivity contribution >= 4 is 11.1 Å². The predicted octanol–water partition coefficient (Wildman–Crippen LogP) is 5.51. The molecule has 0 saturated heterocycles. The number of phenols is 1. The van der Waals surface area contributed by atoms with Crippen molar-refractivity contribution in [2.24, 2.45) is 0 Å². The van der Waals surface area contributed by atoms with Crippen LogP contribution in [0.4, 0.5) is 13.2 Å². The van der Waals surface area contributed by atoms with E-state index in [4.69, 9.17) is 4.74 Å². The first-order valence-electron chi connectivity index (χ1n) is 9.44. The summed E-state index contributed by atoms with van der Waals surface area (Å²) in [7, 11) is 1.81. The molecule has 2 N–H and O–H groups in total. The van der Waals surface area contributed by atoms with Crippen molar-refractivity contribution in [1.29, 1.82) is 0 Å². The Bertz CT molecular complexity index is 980. The zero-order valence-corrected chi connectivity index (χ0v) is 16.4. The molecular formula is C24H22F3NO2. The van der Waals surface area contributed by atoms with Crippen LogP contribution in [0.2, 0.25) is 0 Å². The predicted molar refractivity (Wildman–Crippen MR) is 112 cm³/mol. The van der Waals surface area contributed by atoms with E-state index in [1.807, 2.05) is 7.05 Å². The summed E-state index contributed by atoms with van der Waals surface area (Å²) in [4.78, 5) is 0. The van der Waals surface area contributed by atoms with E-state index in [0.717, 1.165) is 0 Å². The zero-order chi connectivity index (χ0) is 21.6. The molecule has 6 heteroatoms. The van der Waals surface area contributed by atoms with E-state index in [0.29, 0.717) is 30.0 Å². The monoisotopic (exact) mass is 413 g/mol. The number of hydrogen-bond donors (Lipinski definition) is 2. The van der Waals surface area contributed by atoms with E-state index in [2.05, 4.69) is 5.32 Å². The molecule has 0 radical (unpaired) electrons. The fourth-order valence-corrected chi connectivity index (χ4v) is 3.13. The molecule has 0 amide bonds. The van der Waals surface area contributed by atoms with Crippen molar-refractivity contribution in [2.75, 3.05) is 20.2 Å². The van der Waals surface area contributed by atoms with Crippen LogP contribution in [0.3, 0.4) is 0 Å². The Kier molecular flexibility index (Phi) is 6.79. The Morgan fingerprint density at radius 1 is 0.833 bits per heavy atom.